The molecule has 1 N–H and O–H groups in total. The van der Waals surface area contributed by atoms with Gasteiger partial charge in [-0.1, -0.05) is 48.5 Å². The molecule has 7 heteroatoms. The van der Waals surface area contributed by atoms with Crippen LogP contribution in [0.1, 0.15) is 41.5 Å². The van der Waals surface area contributed by atoms with Crippen molar-refractivity contribution >= 4 is 40.2 Å². The lowest BCUT2D eigenvalue weighted by atomic mass is 10.0. The van der Waals surface area contributed by atoms with Gasteiger partial charge in [-0.25, -0.2) is 4.98 Å². The van der Waals surface area contributed by atoms with Crippen molar-refractivity contribution < 1.29 is 9.59 Å². The molecule has 162 valence electrons. The summed E-state index contributed by atoms with van der Waals surface area (Å²) in [7, 11) is 0. The normalized spacial score (nSPS) is 11.7. The van der Waals surface area contributed by atoms with E-state index in [0.29, 0.717) is 17.9 Å². The van der Waals surface area contributed by atoms with Crippen LogP contribution in [0.4, 0.5) is 5.69 Å². The summed E-state index contributed by atoms with van der Waals surface area (Å²) in [5.74, 6) is -0.249. The van der Waals surface area contributed by atoms with Crippen LogP contribution < -0.4 is 5.32 Å². The Bertz CT molecular complexity index is 1200. The third-order valence-corrected chi connectivity index (χ3v) is 6.95. The average Bonchev–Trinajstić information content (AvgIpc) is 3.49. The first kappa shape index (κ1) is 21.9. The van der Waals surface area contributed by atoms with Gasteiger partial charge >= 0.3 is 0 Å². The zero-order valence-corrected chi connectivity index (χ0v) is 19.5. The van der Waals surface area contributed by atoms with Crippen LogP contribution >= 0.6 is 22.7 Å². The topological polar surface area (TPSA) is 62.3 Å². The number of carbonyl (C=O) groups excluding carboxylic acids is 2. The van der Waals surface area contributed by atoms with Gasteiger partial charge in [0.1, 0.15) is 10.7 Å². The van der Waals surface area contributed by atoms with Crippen LogP contribution in [0.25, 0.3) is 9.88 Å². The van der Waals surface area contributed by atoms with Gasteiger partial charge in [-0.15, -0.1) is 22.7 Å². The van der Waals surface area contributed by atoms with E-state index in [1.54, 1.807) is 11.3 Å². The number of amides is 2. The minimum absolute atomic E-state index is 0.120. The zero-order valence-electron chi connectivity index (χ0n) is 17.8. The second-order valence-electron chi connectivity index (χ2n) is 7.42. The maximum absolute atomic E-state index is 13.6. The van der Waals surface area contributed by atoms with Crippen LogP contribution in [0, 0.1) is 0 Å². The van der Waals surface area contributed by atoms with Crippen molar-refractivity contribution in [3.05, 3.63) is 94.3 Å². The van der Waals surface area contributed by atoms with E-state index in [4.69, 9.17) is 0 Å². The Labute approximate surface area is 195 Å². The number of carbonyl (C=O) groups is 2. The number of anilines is 1. The Balaban J connectivity index is 1.65. The van der Waals surface area contributed by atoms with Gasteiger partial charge in [-0.2, -0.15) is 0 Å². The first-order valence-electron chi connectivity index (χ1n) is 10.2. The molecule has 2 aromatic heterocycles. The van der Waals surface area contributed by atoms with Crippen molar-refractivity contribution in [3.8, 4) is 9.88 Å². The first-order valence-corrected chi connectivity index (χ1v) is 12.0. The van der Waals surface area contributed by atoms with Crippen LogP contribution in [0.3, 0.4) is 0 Å². The van der Waals surface area contributed by atoms with Gasteiger partial charge in [0.15, 0.2) is 0 Å². The molecule has 1 atom stereocenters. The number of nitrogens with zero attached hydrogens (tertiary/aromatic N) is 2. The van der Waals surface area contributed by atoms with Gasteiger partial charge in [0.05, 0.1) is 10.9 Å². The molecule has 0 fully saturated rings. The third-order valence-electron chi connectivity index (χ3n) is 5.07. The largest absolute Gasteiger partial charge is 0.326 e. The lowest BCUT2D eigenvalue weighted by molar-refractivity contribution is -0.114. The highest BCUT2D eigenvalue weighted by molar-refractivity contribution is 7.20. The maximum atomic E-state index is 13.6. The van der Waals surface area contributed by atoms with E-state index in [1.807, 2.05) is 89.3 Å². The van der Waals surface area contributed by atoms with E-state index in [0.717, 1.165) is 21.0 Å². The van der Waals surface area contributed by atoms with Gasteiger partial charge < -0.3 is 10.2 Å². The molecule has 0 bridgehead atoms. The summed E-state index contributed by atoms with van der Waals surface area (Å²) in [4.78, 5) is 32.6. The molecule has 0 spiro atoms. The lowest BCUT2D eigenvalue weighted by Gasteiger charge is -2.29. The average molecular weight is 462 g/mol. The van der Waals surface area contributed by atoms with Gasteiger partial charge in [0, 0.05) is 24.5 Å². The fourth-order valence-electron chi connectivity index (χ4n) is 3.46. The molecule has 5 nitrogen and oxygen atoms in total. The van der Waals surface area contributed by atoms with E-state index in [1.165, 1.54) is 18.3 Å². The van der Waals surface area contributed by atoms with E-state index < -0.39 is 0 Å². The standard InChI is InChI=1S/C25H23N3O2S2/c1-17(20-10-6-11-21(14-20)26-18(2)29)28(15-19-8-4-3-5-9-19)25(30)22-16-32-24(27-22)23-12-7-13-31-23/h3-14,16-17H,15H2,1-2H3,(H,26,29)/t17-/m1/s1. The minimum Gasteiger partial charge on any atom is -0.326 e. The number of nitrogens with one attached hydrogen (secondary N) is 1. The van der Waals surface area contributed by atoms with E-state index in [9.17, 15) is 9.59 Å². The van der Waals surface area contributed by atoms with Crippen LogP contribution in [0.2, 0.25) is 0 Å². The van der Waals surface area contributed by atoms with Gasteiger partial charge in [0.25, 0.3) is 5.91 Å². The molecule has 0 aliphatic heterocycles. The van der Waals surface area contributed by atoms with Crippen molar-refractivity contribution in [2.24, 2.45) is 0 Å². The van der Waals surface area contributed by atoms with Gasteiger partial charge in [0.2, 0.25) is 5.91 Å². The predicted molar refractivity (Wildman–Crippen MR) is 131 cm³/mol. The molecule has 2 amide bonds. The Kier molecular flexibility index (Phi) is 6.78. The second-order valence-corrected chi connectivity index (χ2v) is 9.22. The highest BCUT2D eigenvalue weighted by atomic mass is 32.1. The van der Waals surface area contributed by atoms with Gasteiger partial charge in [-0.3, -0.25) is 9.59 Å². The minimum atomic E-state index is -0.219. The molecule has 0 radical (unpaired) electrons. The molecule has 4 rings (SSSR count). The number of thiazole rings is 1. The molecule has 2 heterocycles. The molecule has 0 saturated heterocycles. The number of hydrogen-bond acceptors (Lipinski definition) is 5. The van der Waals surface area contributed by atoms with Crippen LogP contribution in [-0.4, -0.2) is 21.7 Å². The summed E-state index contributed by atoms with van der Waals surface area (Å²) in [5.41, 5.74) is 3.13. The Hall–Kier alpha value is -3.29. The molecule has 0 unspecified atom stereocenters. The summed E-state index contributed by atoms with van der Waals surface area (Å²) < 4.78 is 0. The van der Waals surface area contributed by atoms with E-state index in [-0.39, 0.29) is 17.9 Å². The van der Waals surface area contributed by atoms with Crippen LogP contribution in [0.5, 0.6) is 0 Å². The molecule has 0 aliphatic carbocycles. The fourth-order valence-corrected chi connectivity index (χ4v) is 5.06. The van der Waals surface area contributed by atoms with Crippen molar-refractivity contribution in [1.29, 1.82) is 0 Å². The maximum Gasteiger partial charge on any atom is 0.274 e. The number of thiophene rings is 1. The highest BCUT2D eigenvalue weighted by Gasteiger charge is 2.25. The van der Waals surface area contributed by atoms with Crippen LogP contribution in [-0.2, 0) is 11.3 Å². The number of hydrogen-bond donors (Lipinski definition) is 1. The fraction of sp³-hybridized carbons (Fsp3) is 0.160. The van der Waals surface area contributed by atoms with Crippen LogP contribution in [0.15, 0.2) is 77.5 Å². The zero-order chi connectivity index (χ0) is 22.5. The molecule has 4 aromatic rings. The monoisotopic (exact) mass is 461 g/mol. The number of aromatic nitrogens is 1. The quantitative estimate of drug-likeness (QED) is 0.355. The third kappa shape index (κ3) is 5.12. The summed E-state index contributed by atoms with van der Waals surface area (Å²) in [5, 5.41) is 7.50. The Morgan fingerprint density at radius 3 is 2.56 bits per heavy atom. The number of benzene rings is 2. The molecule has 0 saturated carbocycles. The molecule has 0 aliphatic rings. The van der Waals surface area contributed by atoms with E-state index >= 15 is 0 Å². The number of rotatable bonds is 7. The van der Waals surface area contributed by atoms with Gasteiger partial charge in [-0.05, 0) is 41.6 Å². The molecule has 32 heavy (non-hydrogen) atoms. The van der Waals surface area contributed by atoms with Crippen molar-refractivity contribution in [2.45, 2.75) is 26.4 Å². The Morgan fingerprint density at radius 1 is 1.03 bits per heavy atom. The molecular weight excluding hydrogens is 438 g/mol. The predicted octanol–water partition coefficient (Wildman–Crippen LogP) is 6.23. The first-order chi connectivity index (χ1) is 15.5. The molecule has 2 aromatic carbocycles. The van der Waals surface area contributed by atoms with Crippen molar-refractivity contribution in [1.82, 2.24) is 9.88 Å². The van der Waals surface area contributed by atoms with Crippen molar-refractivity contribution in [3.63, 3.8) is 0 Å². The van der Waals surface area contributed by atoms with E-state index in [2.05, 4.69) is 10.3 Å². The highest BCUT2D eigenvalue weighted by Crippen LogP contribution is 2.31. The molecular formula is C25H23N3O2S2. The Morgan fingerprint density at radius 2 is 1.84 bits per heavy atom. The summed E-state index contributed by atoms with van der Waals surface area (Å²) in [6.45, 7) is 3.94. The summed E-state index contributed by atoms with van der Waals surface area (Å²) in [6.07, 6.45) is 0. The van der Waals surface area contributed by atoms with Crippen molar-refractivity contribution in [2.75, 3.05) is 5.32 Å². The smallest absolute Gasteiger partial charge is 0.274 e. The summed E-state index contributed by atoms with van der Waals surface area (Å²) in [6, 6.07) is 21.3. The lowest BCUT2D eigenvalue weighted by Crippen LogP contribution is -2.33. The SMILES string of the molecule is CC(=O)Nc1cccc([C@@H](C)N(Cc2ccccc2)C(=O)c2csc(-c3cccs3)n2)c1. The second kappa shape index (κ2) is 9.89. The summed E-state index contributed by atoms with van der Waals surface area (Å²) >= 11 is 3.09.